The lowest BCUT2D eigenvalue weighted by Gasteiger charge is -2.25. The lowest BCUT2D eigenvalue weighted by Crippen LogP contribution is -2.27. The van der Waals surface area contributed by atoms with Crippen LogP contribution in [0.2, 0.25) is 0 Å². The number of nitrogens with two attached hydrogens (primary N) is 1. The number of hydrogen-bond donors (Lipinski definition) is 2. The molecule has 0 aliphatic carbocycles. The van der Waals surface area contributed by atoms with Crippen molar-refractivity contribution in [3.8, 4) is 0 Å². The molecular weight excluding hydrogens is 180 g/mol. The van der Waals surface area contributed by atoms with Gasteiger partial charge in [-0.05, 0) is 19.1 Å². The minimum absolute atomic E-state index is 0.0376. The van der Waals surface area contributed by atoms with E-state index in [0.717, 1.165) is 0 Å². The Kier molecular flexibility index (Phi) is 2.76. The zero-order valence-corrected chi connectivity index (χ0v) is 7.90. The Morgan fingerprint density at radius 3 is 2.79 bits per heavy atom. The first kappa shape index (κ1) is 10.1. The Bertz CT molecular complexity index is 364. The standard InChI is InChI=1S/C10H12N2O2/c1-3-6-12-7(2)4-5-8(11)9(12)10(13)14/h3-6H,2,11H2,1H3,(H,13,14)/b6-3-. The first-order valence-electron chi connectivity index (χ1n) is 4.10. The van der Waals surface area contributed by atoms with Crippen LogP contribution < -0.4 is 5.73 Å². The molecule has 1 aliphatic heterocycles. The fourth-order valence-electron chi connectivity index (χ4n) is 1.17. The van der Waals surface area contributed by atoms with Crippen LogP contribution in [0.15, 0.2) is 48.1 Å². The summed E-state index contributed by atoms with van der Waals surface area (Å²) in [6.45, 7) is 5.51. The van der Waals surface area contributed by atoms with E-state index in [9.17, 15) is 4.79 Å². The summed E-state index contributed by atoms with van der Waals surface area (Å²) in [6, 6.07) is 0. The highest BCUT2D eigenvalue weighted by molar-refractivity contribution is 5.88. The van der Waals surface area contributed by atoms with Gasteiger partial charge < -0.3 is 15.7 Å². The van der Waals surface area contributed by atoms with Gasteiger partial charge in [-0.3, -0.25) is 0 Å². The minimum atomic E-state index is -1.06. The van der Waals surface area contributed by atoms with Crippen molar-refractivity contribution in [1.82, 2.24) is 4.90 Å². The Hall–Kier alpha value is -1.97. The van der Waals surface area contributed by atoms with Gasteiger partial charge in [0.2, 0.25) is 0 Å². The van der Waals surface area contributed by atoms with Gasteiger partial charge in [0.15, 0.2) is 5.70 Å². The highest BCUT2D eigenvalue weighted by Crippen LogP contribution is 2.21. The number of allylic oxidation sites excluding steroid dienone is 3. The fraction of sp³-hybridized carbons (Fsp3) is 0.100. The van der Waals surface area contributed by atoms with Crippen molar-refractivity contribution in [3.63, 3.8) is 0 Å². The van der Waals surface area contributed by atoms with Crippen molar-refractivity contribution in [1.29, 1.82) is 0 Å². The number of carbonyl (C=O) groups is 1. The van der Waals surface area contributed by atoms with E-state index in [-0.39, 0.29) is 11.4 Å². The number of nitrogens with zero attached hydrogens (tertiary/aromatic N) is 1. The van der Waals surface area contributed by atoms with Gasteiger partial charge in [0, 0.05) is 11.9 Å². The second-order valence-electron chi connectivity index (χ2n) is 2.79. The summed E-state index contributed by atoms with van der Waals surface area (Å²) in [5.41, 5.74) is 6.40. The van der Waals surface area contributed by atoms with Gasteiger partial charge in [-0.1, -0.05) is 12.7 Å². The number of carboxylic acid groups (broad SMARTS) is 1. The molecule has 4 heteroatoms. The molecule has 0 saturated carbocycles. The van der Waals surface area contributed by atoms with E-state index in [4.69, 9.17) is 10.8 Å². The van der Waals surface area contributed by atoms with E-state index in [1.165, 1.54) is 11.0 Å². The Morgan fingerprint density at radius 2 is 2.29 bits per heavy atom. The summed E-state index contributed by atoms with van der Waals surface area (Å²) in [5, 5.41) is 8.94. The van der Waals surface area contributed by atoms with Crippen molar-refractivity contribution in [3.05, 3.63) is 48.1 Å². The smallest absolute Gasteiger partial charge is 0.355 e. The number of hydrogen-bond acceptors (Lipinski definition) is 3. The maximum atomic E-state index is 10.9. The largest absolute Gasteiger partial charge is 0.476 e. The number of rotatable bonds is 2. The predicted octanol–water partition coefficient (Wildman–Crippen LogP) is 1.16. The van der Waals surface area contributed by atoms with Crippen LogP contribution >= 0.6 is 0 Å². The lowest BCUT2D eigenvalue weighted by atomic mass is 10.2. The van der Waals surface area contributed by atoms with E-state index in [2.05, 4.69) is 6.58 Å². The van der Waals surface area contributed by atoms with E-state index in [0.29, 0.717) is 5.70 Å². The molecule has 0 aromatic heterocycles. The molecule has 1 aliphatic rings. The summed E-state index contributed by atoms with van der Waals surface area (Å²) in [4.78, 5) is 12.3. The second kappa shape index (κ2) is 3.83. The maximum Gasteiger partial charge on any atom is 0.355 e. The van der Waals surface area contributed by atoms with Crippen LogP contribution in [0.4, 0.5) is 0 Å². The average molecular weight is 192 g/mol. The van der Waals surface area contributed by atoms with E-state index in [1.54, 1.807) is 25.3 Å². The van der Waals surface area contributed by atoms with Gasteiger partial charge in [0.25, 0.3) is 0 Å². The van der Waals surface area contributed by atoms with Crippen molar-refractivity contribution < 1.29 is 9.90 Å². The normalized spacial score (nSPS) is 16.9. The van der Waals surface area contributed by atoms with E-state index in [1.807, 2.05) is 0 Å². The molecule has 1 rings (SSSR count). The highest BCUT2D eigenvalue weighted by Gasteiger charge is 2.21. The molecule has 0 saturated heterocycles. The van der Waals surface area contributed by atoms with Gasteiger partial charge in [-0.15, -0.1) is 0 Å². The van der Waals surface area contributed by atoms with Gasteiger partial charge in [0.1, 0.15) is 0 Å². The molecule has 0 aromatic carbocycles. The van der Waals surface area contributed by atoms with E-state index >= 15 is 0 Å². The highest BCUT2D eigenvalue weighted by atomic mass is 16.4. The van der Waals surface area contributed by atoms with Crippen LogP contribution in [0.25, 0.3) is 0 Å². The third-order valence-corrected chi connectivity index (χ3v) is 1.78. The van der Waals surface area contributed by atoms with Crippen LogP contribution in [0.3, 0.4) is 0 Å². The van der Waals surface area contributed by atoms with Crippen LogP contribution in [0.1, 0.15) is 6.92 Å². The fourth-order valence-corrected chi connectivity index (χ4v) is 1.17. The molecule has 1 heterocycles. The quantitative estimate of drug-likeness (QED) is 0.689. The molecule has 0 amide bonds. The molecule has 0 atom stereocenters. The molecule has 4 nitrogen and oxygen atoms in total. The molecule has 0 bridgehead atoms. The van der Waals surface area contributed by atoms with Gasteiger partial charge in [-0.25, -0.2) is 4.79 Å². The summed E-state index contributed by atoms with van der Waals surface area (Å²) in [6.07, 6.45) is 6.54. The lowest BCUT2D eigenvalue weighted by molar-refractivity contribution is -0.134. The minimum Gasteiger partial charge on any atom is -0.476 e. The summed E-state index contributed by atoms with van der Waals surface area (Å²) in [5.74, 6) is -1.06. The van der Waals surface area contributed by atoms with Crippen molar-refractivity contribution >= 4 is 5.97 Å². The van der Waals surface area contributed by atoms with Crippen molar-refractivity contribution in [2.45, 2.75) is 6.92 Å². The first-order valence-corrected chi connectivity index (χ1v) is 4.10. The number of aliphatic carboxylic acids is 1. The maximum absolute atomic E-state index is 10.9. The van der Waals surface area contributed by atoms with Crippen molar-refractivity contribution in [2.75, 3.05) is 0 Å². The van der Waals surface area contributed by atoms with Crippen LogP contribution in [-0.4, -0.2) is 16.0 Å². The molecule has 14 heavy (non-hydrogen) atoms. The topological polar surface area (TPSA) is 66.6 Å². The third-order valence-electron chi connectivity index (χ3n) is 1.78. The number of carboxylic acids is 1. The Labute approximate surface area is 82.3 Å². The molecule has 0 aromatic rings. The van der Waals surface area contributed by atoms with Crippen LogP contribution in [0, 0.1) is 0 Å². The van der Waals surface area contributed by atoms with Gasteiger partial charge in [-0.2, -0.15) is 0 Å². The molecular formula is C10H12N2O2. The van der Waals surface area contributed by atoms with Crippen molar-refractivity contribution in [2.24, 2.45) is 5.73 Å². The van der Waals surface area contributed by atoms with Crippen LogP contribution in [0.5, 0.6) is 0 Å². The predicted molar refractivity (Wildman–Crippen MR) is 53.8 cm³/mol. The average Bonchev–Trinajstić information content (AvgIpc) is 2.11. The summed E-state index contributed by atoms with van der Waals surface area (Å²) in [7, 11) is 0. The van der Waals surface area contributed by atoms with Gasteiger partial charge in [0.05, 0.1) is 5.70 Å². The monoisotopic (exact) mass is 192 g/mol. The Morgan fingerprint density at radius 1 is 1.64 bits per heavy atom. The van der Waals surface area contributed by atoms with E-state index < -0.39 is 5.97 Å². The molecule has 0 fully saturated rings. The van der Waals surface area contributed by atoms with Gasteiger partial charge >= 0.3 is 5.97 Å². The summed E-state index contributed by atoms with van der Waals surface area (Å²) >= 11 is 0. The molecule has 3 N–H and O–H groups in total. The molecule has 0 spiro atoms. The molecule has 0 radical (unpaired) electrons. The first-order chi connectivity index (χ1) is 6.57. The zero-order valence-electron chi connectivity index (χ0n) is 7.90. The second-order valence-corrected chi connectivity index (χ2v) is 2.79. The molecule has 0 unspecified atom stereocenters. The zero-order chi connectivity index (χ0) is 10.7. The molecule has 74 valence electrons. The Balaban J connectivity index is 3.19. The SMILES string of the molecule is C=C1C=CC(N)=C(C(=O)O)N1/C=C\C. The summed E-state index contributed by atoms with van der Waals surface area (Å²) < 4.78 is 0. The third kappa shape index (κ3) is 1.69. The van der Waals surface area contributed by atoms with Crippen LogP contribution in [-0.2, 0) is 4.79 Å².